The van der Waals surface area contributed by atoms with E-state index in [9.17, 15) is 0 Å². The van der Waals surface area contributed by atoms with Crippen LogP contribution in [-0.4, -0.2) is 12.7 Å². The highest BCUT2D eigenvalue weighted by molar-refractivity contribution is 5.41. The molecule has 1 aliphatic rings. The molecule has 19 heavy (non-hydrogen) atoms. The van der Waals surface area contributed by atoms with Gasteiger partial charge in [-0.3, -0.25) is 0 Å². The van der Waals surface area contributed by atoms with Crippen LogP contribution < -0.4 is 15.2 Å². The maximum absolute atomic E-state index is 6.05. The fourth-order valence-corrected chi connectivity index (χ4v) is 2.17. The minimum Gasteiger partial charge on any atom is -0.493 e. The summed E-state index contributed by atoms with van der Waals surface area (Å²) in [5.74, 6) is 1.71. The zero-order valence-electron chi connectivity index (χ0n) is 11.6. The highest BCUT2D eigenvalue weighted by atomic mass is 16.5. The molecular weight excluding hydrogens is 238 g/mol. The first-order valence-electron chi connectivity index (χ1n) is 7.12. The zero-order valence-corrected chi connectivity index (χ0v) is 11.6. The van der Waals surface area contributed by atoms with Crippen LogP contribution in [0.25, 0.3) is 0 Å². The number of hydrogen-bond donors (Lipinski definition) is 1. The van der Waals surface area contributed by atoms with Crippen molar-refractivity contribution in [2.75, 3.05) is 6.61 Å². The van der Waals surface area contributed by atoms with Gasteiger partial charge in [0.05, 0.1) is 6.61 Å². The molecule has 0 heterocycles. The molecule has 2 rings (SSSR count). The SMILES string of the molecule is CCCOc1ccc(CN)c(OC2C=CCCC2)c1. The Morgan fingerprint density at radius 2 is 2.26 bits per heavy atom. The summed E-state index contributed by atoms with van der Waals surface area (Å²) in [5, 5.41) is 0. The molecule has 0 radical (unpaired) electrons. The Bertz CT molecular complexity index is 429. The largest absolute Gasteiger partial charge is 0.493 e. The summed E-state index contributed by atoms with van der Waals surface area (Å²) in [6.07, 6.45) is 8.91. The van der Waals surface area contributed by atoms with Crippen LogP contribution in [0.2, 0.25) is 0 Å². The fraction of sp³-hybridized carbons (Fsp3) is 0.500. The molecular formula is C16H23NO2. The second-order valence-electron chi connectivity index (χ2n) is 4.84. The summed E-state index contributed by atoms with van der Waals surface area (Å²) in [7, 11) is 0. The number of allylic oxidation sites excluding steroid dienone is 1. The number of nitrogens with two attached hydrogens (primary N) is 1. The van der Waals surface area contributed by atoms with E-state index in [4.69, 9.17) is 15.2 Å². The third kappa shape index (κ3) is 4.00. The van der Waals surface area contributed by atoms with Gasteiger partial charge in [0.1, 0.15) is 17.6 Å². The van der Waals surface area contributed by atoms with Gasteiger partial charge in [0.15, 0.2) is 0 Å². The van der Waals surface area contributed by atoms with E-state index in [-0.39, 0.29) is 6.10 Å². The van der Waals surface area contributed by atoms with Gasteiger partial charge in [0, 0.05) is 18.2 Å². The zero-order chi connectivity index (χ0) is 13.5. The number of ether oxygens (including phenoxy) is 2. The minimum atomic E-state index is 0.167. The van der Waals surface area contributed by atoms with E-state index in [0.29, 0.717) is 6.54 Å². The molecule has 0 fully saturated rings. The van der Waals surface area contributed by atoms with Gasteiger partial charge in [0.25, 0.3) is 0 Å². The van der Waals surface area contributed by atoms with Crippen molar-refractivity contribution in [3.63, 3.8) is 0 Å². The summed E-state index contributed by atoms with van der Waals surface area (Å²) < 4.78 is 11.7. The topological polar surface area (TPSA) is 44.5 Å². The van der Waals surface area contributed by atoms with E-state index in [1.165, 1.54) is 6.42 Å². The van der Waals surface area contributed by atoms with E-state index >= 15 is 0 Å². The van der Waals surface area contributed by atoms with Crippen molar-refractivity contribution in [1.82, 2.24) is 0 Å². The van der Waals surface area contributed by atoms with Crippen molar-refractivity contribution in [2.45, 2.75) is 45.3 Å². The van der Waals surface area contributed by atoms with Gasteiger partial charge in [-0.05, 0) is 37.8 Å². The number of rotatable bonds is 6. The van der Waals surface area contributed by atoms with Gasteiger partial charge in [-0.2, -0.15) is 0 Å². The maximum Gasteiger partial charge on any atom is 0.128 e. The maximum atomic E-state index is 6.05. The lowest BCUT2D eigenvalue weighted by Gasteiger charge is -2.20. The van der Waals surface area contributed by atoms with E-state index in [1.54, 1.807) is 0 Å². The number of benzene rings is 1. The first-order valence-corrected chi connectivity index (χ1v) is 7.12. The monoisotopic (exact) mass is 261 g/mol. The number of hydrogen-bond acceptors (Lipinski definition) is 3. The van der Waals surface area contributed by atoms with Crippen molar-refractivity contribution < 1.29 is 9.47 Å². The van der Waals surface area contributed by atoms with Gasteiger partial charge < -0.3 is 15.2 Å². The van der Waals surface area contributed by atoms with Crippen LogP contribution >= 0.6 is 0 Å². The summed E-state index contributed by atoms with van der Waals surface area (Å²) in [4.78, 5) is 0. The molecule has 3 nitrogen and oxygen atoms in total. The Balaban J connectivity index is 2.10. The average molecular weight is 261 g/mol. The first kappa shape index (κ1) is 13.9. The fourth-order valence-electron chi connectivity index (χ4n) is 2.17. The predicted octanol–water partition coefficient (Wildman–Crippen LogP) is 3.42. The van der Waals surface area contributed by atoms with Gasteiger partial charge in [-0.25, -0.2) is 0 Å². The summed E-state index contributed by atoms with van der Waals surface area (Å²) in [6.45, 7) is 3.31. The smallest absolute Gasteiger partial charge is 0.128 e. The molecule has 0 aliphatic heterocycles. The van der Waals surface area contributed by atoms with Crippen molar-refractivity contribution in [3.8, 4) is 11.5 Å². The van der Waals surface area contributed by atoms with E-state index in [1.807, 2.05) is 18.2 Å². The first-order chi connectivity index (χ1) is 9.33. The Kier molecular flexibility index (Phi) is 5.28. The Hall–Kier alpha value is -1.48. The molecule has 104 valence electrons. The molecule has 0 amide bonds. The van der Waals surface area contributed by atoms with Crippen molar-refractivity contribution in [2.24, 2.45) is 5.73 Å². The molecule has 1 atom stereocenters. The molecule has 1 aliphatic carbocycles. The van der Waals surface area contributed by atoms with Crippen LogP contribution in [0.1, 0.15) is 38.2 Å². The van der Waals surface area contributed by atoms with Crippen LogP contribution in [0.15, 0.2) is 30.4 Å². The lowest BCUT2D eigenvalue weighted by Crippen LogP contribution is -2.17. The quantitative estimate of drug-likeness (QED) is 0.798. The lowest BCUT2D eigenvalue weighted by atomic mass is 10.1. The van der Waals surface area contributed by atoms with E-state index in [0.717, 1.165) is 42.9 Å². The van der Waals surface area contributed by atoms with Gasteiger partial charge >= 0.3 is 0 Å². The highest BCUT2D eigenvalue weighted by Crippen LogP contribution is 2.27. The third-order valence-corrected chi connectivity index (χ3v) is 3.22. The molecule has 1 unspecified atom stereocenters. The Labute approximate surface area is 115 Å². The minimum absolute atomic E-state index is 0.167. The molecule has 0 aromatic heterocycles. The second-order valence-corrected chi connectivity index (χ2v) is 4.84. The normalized spacial score (nSPS) is 18.3. The molecule has 2 N–H and O–H groups in total. The molecule has 0 saturated heterocycles. The molecule has 1 aromatic rings. The van der Waals surface area contributed by atoms with Crippen LogP contribution in [0, 0.1) is 0 Å². The molecule has 0 bridgehead atoms. The summed E-state index contributed by atoms with van der Waals surface area (Å²) in [5.41, 5.74) is 6.80. The van der Waals surface area contributed by atoms with Crippen molar-refractivity contribution in [3.05, 3.63) is 35.9 Å². The molecule has 3 heteroatoms. The molecule has 0 saturated carbocycles. The molecule has 0 spiro atoms. The average Bonchev–Trinajstić information content (AvgIpc) is 2.46. The Morgan fingerprint density at radius 3 is 2.95 bits per heavy atom. The summed E-state index contributed by atoms with van der Waals surface area (Å²) >= 11 is 0. The second kappa shape index (κ2) is 7.19. The Morgan fingerprint density at radius 1 is 1.37 bits per heavy atom. The molecule has 1 aromatic carbocycles. The predicted molar refractivity (Wildman–Crippen MR) is 77.5 cm³/mol. The van der Waals surface area contributed by atoms with Crippen LogP contribution in [0.5, 0.6) is 11.5 Å². The van der Waals surface area contributed by atoms with Crippen LogP contribution in [-0.2, 0) is 6.54 Å². The third-order valence-electron chi connectivity index (χ3n) is 3.22. The van der Waals surface area contributed by atoms with Crippen molar-refractivity contribution >= 4 is 0 Å². The highest BCUT2D eigenvalue weighted by Gasteiger charge is 2.13. The lowest BCUT2D eigenvalue weighted by molar-refractivity contribution is 0.226. The van der Waals surface area contributed by atoms with E-state index in [2.05, 4.69) is 19.1 Å². The van der Waals surface area contributed by atoms with Gasteiger partial charge in [-0.1, -0.05) is 19.1 Å². The van der Waals surface area contributed by atoms with Gasteiger partial charge in [0.2, 0.25) is 0 Å². The van der Waals surface area contributed by atoms with Crippen molar-refractivity contribution in [1.29, 1.82) is 0 Å². The standard InChI is InChI=1S/C16H23NO2/c1-2-10-18-15-9-8-13(12-17)16(11-15)19-14-6-4-3-5-7-14/h4,6,8-9,11,14H,2-3,5,7,10,12,17H2,1H3. The van der Waals surface area contributed by atoms with E-state index < -0.39 is 0 Å². The summed E-state index contributed by atoms with van der Waals surface area (Å²) in [6, 6.07) is 5.91. The van der Waals surface area contributed by atoms with Crippen LogP contribution in [0.4, 0.5) is 0 Å². The van der Waals surface area contributed by atoms with Crippen LogP contribution in [0.3, 0.4) is 0 Å². The van der Waals surface area contributed by atoms with Gasteiger partial charge in [-0.15, -0.1) is 0 Å².